The lowest BCUT2D eigenvalue weighted by atomic mass is 10.2. The van der Waals surface area contributed by atoms with Gasteiger partial charge >= 0.3 is 0 Å². The number of ether oxygens (including phenoxy) is 2. The lowest BCUT2D eigenvalue weighted by Gasteiger charge is -2.21. The number of nitrogens with two attached hydrogens (primary N) is 1. The molecular formula is C15H20N2O3S. The van der Waals surface area contributed by atoms with Gasteiger partial charge in [-0.3, -0.25) is 4.79 Å². The van der Waals surface area contributed by atoms with Gasteiger partial charge in [0.05, 0.1) is 7.11 Å². The van der Waals surface area contributed by atoms with E-state index in [9.17, 15) is 4.79 Å². The van der Waals surface area contributed by atoms with Crippen LogP contribution in [0.1, 0.15) is 25.3 Å². The van der Waals surface area contributed by atoms with Crippen LogP contribution >= 0.6 is 12.2 Å². The van der Waals surface area contributed by atoms with Crippen LogP contribution in [0.2, 0.25) is 0 Å². The highest BCUT2D eigenvalue weighted by atomic mass is 32.1. The van der Waals surface area contributed by atoms with Gasteiger partial charge in [0, 0.05) is 24.7 Å². The van der Waals surface area contributed by atoms with E-state index in [1.807, 2.05) is 4.90 Å². The summed E-state index contributed by atoms with van der Waals surface area (Å²) >= 11 is 4.97. The van der Waals surface area contributed by atoms with E-state index in [4.69, 9.17) is 27.4 Å². The smallest absolute Gasteiger partial charge is 0.263 e. The Hall–Kier alpha value is -1.82. The molecule has 0 radical (unpaired) electrons. The maximum Gasteiger partial charge on any atom is 0.263 e. The zero-order valence-electron chi connectivity index (χ0n) is 12.3. The molecule has 0 aromatic heterocycles. The van der Waals surface area contributed by atoms with Gasteiger partial charge in [0.2, 0.25) is 0 Å². The molecular weight excluding hydrogens is 288 g/mol. The van der Waals surface area contributed by atoms with E-state index in [0.717, 1.165) is 25.9 Å². The van der Waals surface area contributed by atoms with E-state index in [0.29, 0.717) is 17.1 Å². The topological polar surface area (TPSA) is 64.8 Å². The predicted octanol–water partition coefficient (Wildman–Crippen LogP) is 1.72. The maximum absolute atomic E-state index is 12.2. The summed E-state index contributed by atoms with van der Waals surface area (Å²) < 4.78 is 10.9. The standard InChI is InChI=1S/C15H20N2O3S/c1-10(15(18)17-5-3-4-6-17)20-13-8-11(14(16)21)7-12(9-13)19-2/h7-10H,3-6H2,1-2H3,(H2,16,21). The van der Waals surface area contributed by atoms with Gasteiger partial charge in [-0.15, -0.1) is 0 Å². The Balaban J connectivity index is 2.12. The second-order valence-electron chi connectivity index (χ2n) is 5.05. The fourth-order valence-corrected chi connectivity index (χ4v) is 2.47. The average molecular weight is 308 g/mol. The van der Waals surface area contributed by atoms with Crippen molar-refractivity contribution >= 4 is 23.1 Å². The monoisotopic (exact) mass is 308 g/mol. The first-order valence-corrected chi connectivity index (χ1v) is 7.36. The molecule has 1 heterocycles. The van der Waals surface area contributed by atoms with Crippen molar-refractivity contribution in [1.82, 2.24) is 4.90 Å². The highest BCUT2D eigenvalue weighted by Gasteiger charge is 2.24. The molecule has 5 nitrogen and oxygen atoms in total. The van der Waals surface area contributed by atoms with E-state index < -0.39 is 6.10 Å². The zero-order valence-corrected chi connectivity index (χ0v) is 13.1. The third-order valence-electron chi connectivity index (χ3n) is 3.48. The zero-order chi connectivity index (χ0) is 15.4. The first kappa shape index (κ1) is 15.6. The highest BCUT2D eigenvalue weighted by Crippen LogP contribution is 2.24. The van der Waals surface area contributed by atoms with Gasteiger partial charge in [-0.2, -0.15) is 0 Å². The maximum atomic E-state index is 12.2. The molecule has 0 spiro atoms. The molecule has 0 bridgehead atoms. The first-order valence-electron chi connectivity index (χ1n) is 6.95. The minimum atomic E-state index is -0.547. The van der Waals surface area contributed by atoms with Crippen LogP contribution in [0.25, 0.3) is 0 Å². The number of rotatable bonds is 5. The van der Waals surface area contributed by atoms with Gasteiger partial charge in [-0.1, -0.05) is 12.2 Å². The van der Waals surface area contributed by atoms with Gasteiger partial charge < -0.3 is 20.1 Å². The Morgan fingerprint density at radius 1 is 1.29 bits per heavy atom. The van der Waals surface area contributed by atoms with Crippen molar-refractivity contribution in [3.8, 4) is 11.5 Å². The van der Waals surface area contributed by atoms with Crippen molar-refractivity contribution in [3.05, 3.63) is 23.8 Å². The summed E-state index contributed by atoms with van der Waals surface area (Å²) in [4.78, 5) is 14.3. The molecule has 21 heavy (non-hydrogen) atoms. The average Bonchev–Trinajstić information content (AvgIpc) is 3.00. The van der Waals surface area contributed by atoms with Crippen molar-refractivity contribution < 1.29 is 14.3 Å². The van der Waals surface area contributed by atoms with Crippen molar-refractivity contribution in [2.75, 3.05) is 20.2 Å². The van der Waals surface area contributed by atoms with E-state index >= 15 is 0 Å². The summed E-state index contributed by atoms with van der Waals surface area (Å²) in [5.41, 5.74) is 6.29. The number of amides is 1. The Bertz CT molecular complexity index is 542. The number of thiocarbonyl (C=S) groups is 1. The molecule has 1 saturated heterocycles. The minimum absolute atomic E-state index is 0.00666. The summed E-state index contributed by atoms with van der Waals surface area (Å²) in [6, 6.07) is 5.18. The Morgan fingerprint density at radius 3 is 2.48 bits per heavy atom. The van der Waals surface area contributed by atoms with Crippen LogP contribution < -0.4 is 15.2 Å². The number of methoxy groups -OCH3 is 1. The molecule has 1 aliphatic heterocycles. The quantitative estimate of drug-likeness (QED) is 0.839. The largest absolute Gasteiger partial charge is 0.497 e. The predicted molar refractivity (Wildman–Crippen MR) is 84.8 cm³/mol. The second-order valence-corrected chi connectivity index (χ2v) is 5.49. The van der Waals surface area contributed by atoms with Gasteiger partial charge in [-0.05, 0) is 31.9 Å². The van der Waals surface area contributed by atoms with Gasteiger partial charge in [0.25, 0.3) is 5.91 Å². The van der Waals surface area contributed by atoms with Crippen LogP contribution in [0.3, 0.4) is 0 Å². The van der Waals surface area contributed by atoms with Gasteiger partial charge in [0.15, 0.2) is 6.10 Å². The molecule has 1 fully saturated rings. The van der Waals surface area contributed by atoms with Crippen molar-refractivity contribution in [2.45, 2.75) is 25.9 Å². The van der Waals surface area contributed by atoms with E-state index in [2.05, 4.69) is 0 Å². The van der Waals surface area contributed by atoms with Crippen molar-refractivity contribution in [3.63, 3.8) is 0 Å². The molecule has 2 N–H and O–H groups in total. The summed E-state index contributed by atoms with van der Waals surface area (Å²) in [6.07, 6.45) is 1.57. The number of nitrogens with zero attached hydrogens (tertiary/aromatic N) is 1. The summed E-state index contributed by atoms with van der Waals surface area (Å²) in [7, 11) is 1.56. The molecule has 1 atom stereocenters. The van der Waals surface area contributed by atoms with Crippen molar-refractivity contribution in [2.24, 2.45) is 5.73 Å². The van der Waals surface area contributed by atoms with Crippen LogP contribution in [0.5, 0.6) is 11.5 Å². The first-order chi connectivity index (χ1) is 10.0. The fourth-order valence-electron chi connectivity index (χ4n) is 2.35. The molecule has 0 aliphatic carbocycles. The molecule has 1 unspecified atom stereocenters. The molecule has 114 valence electrons. The summed E-state index contributed by atoms with van der Waals surface area (Å²) in [5, 5.41) is 0. The molecule has 1 aromatic carbocycles. The SMILES string of the molecule is COc1cc(OC(C)C(=O)N2CCCC2)cc(C(N)=S)c1. The summed E-state index contributed by atoms with van der Waals surface area (Å²) in [6.45, 7) is 3.37. The second kappa shape index (κ2) is 6.76. The number of likely N-dealkylation sites (tertiary alicyclic amines) is 1. The lowest BCUT2D eigenvalue weighted by molar-refractivity contribution is -0.136. The number of carbonyl (C=O) groups excluding carboxylic acids is 1. The molecule has 0 saturated carbocycles. The summed E-state index contributed by atoms with van der Waals surface area (Å²) in [5.74, 6) is 1.13. The van der Waals surface area contributed by atoms with E-state index in [1.54, 1.807) is 32.2 Å². The molecule has 6 heteroatoms. The van der Waals surface area contributed by atoms with Gasteiger partial charge in [0.1, 0.15) is 16.5 Å². The molecule has 2 rings (SSSR count). The Morgan fingerprint density at radius 2 is 1.90 bits per heavy atom. The van der Waals surface area contributed by atoms with Crippen molar-refractivity contribution in [1.29, 1.82) is 0 Å². The van der Waals surface area contributed by atoms with Crippen LogP contribution in [-0.2, 0) is 4.79 Å². The number of hydrogen-bond acceptors (Lipinski definition) is 4. The van der Waals surface area contributed by atoms with E-state index in [1.165, 1.54) is 0 Å². The lowest BCUT2D eigenvalue weighted by Crippen LogP contribution is -2.38. The van der Waals surface area contributed by atoms with Crippen LogP contribution in [-0.4, -0.2) is 42.1 Å². The molecule has 1 aromatic rings. The third kappa shape index (κ3) is 3.85. The molecule has 1 amide bonds. The number of carbonyl (C=O) groups is 1. The number of hydrogen-bond donors (Lipinski definition) is 1. The third-order valence-corrected chi connectivity index (χ3v) is 3.71. The molecule has 1 aliphatic rings. The minimum Gasteiger partial charge on any atom is -0.497 e. The number of benzene rings is 1. The normalized spacial score (nSPS) is 15.6. The van der Waals surface area contributed by atoms with E-state index in [-0.39, 0.29) is 10.9 Å². The Labute approximate surface area is 130 Å². The fraction of sp³-hybridized carbons (Fsp3) is 0.467. The van der Waals surface area contributed by atoms with Crippen LogP contribution in [0.4, 0.5) is 0 Å². The van der Waals surface area contributed by atoms with Crippen LogP contribution in [0, 0.1) is 0 Å². The highest BCUT2D eigenvalue weighted by molar-refractivity contribution is 7.80. The Kier molecular flexibility index (Phi) is 5.01. The van der Waals surface area contributed by atoms with Crippen LogP contribution in [0.15, 0.2) is 18.2 Å². The van der Waals surface area contributed by atoms with Gasteiger partial charge in [-0.25, -0.2) is 0 Å².